The summed E-state index contributed by atoms with van der Waals surface area (Å²) in [5.74, 6) is 0. The summed E-state index contributed by atoms with van der Waals surface area (Å²) in [4.78, 5) is 28.5. The lowest BCUT2D eigenvalue weighted by atomic mass is 9.85. The molecular weight excluding hydrogens is 220 g/mol. The van der Waals surface area contributed by atoms with Gasteiger partial charge in [-0.1, -0.05) is 13.8 Å². The van der Waals surface area contributed by atoms with Crippen LogP contribution in [0.3, 0.4) is 0 Å². The first-order valence-electron chi connectivity index (χ1n) is 5.65. The van der Waals surface area contributed by atoms with E-state index in [4.69, 9.17) is 0 Å². The van der Waals surface area contributed by atoms with Gasteiger partial charge in [0.2, 0.25) is 0 Å². The summed E-state index contributed by atoms with van der Waals surface area (Å²) < 4.78 is 0. The first-order valence-corrected chi connectivity index (χ1v) is 5.65. The fraction of sp³-hybridized carbons (Fsp3) is 0.818. The Morgan fingerprint density at radius 2 is 2.00 bits per heavy atom. The van der Waals surface area contributed by atoms with Gasteiger partial charge in [0.1, 0.15) is 6.17 Å². The number of urea groups is 2. The Hall–Kier alpha value is -1.46. The van der Waals surface area contributed by atoms with Crippen molar-refractivity contribution >= 4 is 12.1 Å². The summed E-state index contributed by atoms with van der Waals surface area (Å²) in [6.07, 6.45) is -0.244. The van der Waals surface area contributed by atoms with Gasteiger partial charge in [-0.3, -0.25) is 0 Å². The minimum Gasteiger partial charge on any atom is -0.341 e. The van der Waals surface area contributed by atoms with Crippen LogP contribution in [0.25, 0.3) is 0 Å². The van der Waals surface area contributed by atoms with Crippen molar-refractivity contribution in [3.8, 4) is 0 Å². The van der Waals surface area contributed by atoms with Crippen LogP contribution in [0.4, 0.5) is 9.59 Å². The smallest absolute Gasteiger partial charge is 0.321 e. The van der Waals surface area contributed by atoms with E-state index >= 15 is 0 Å². The number of hydrogen-bond donors (Lipinski definition) is 1. The van der Waals surface area contributed by atoms with Crippen LogP contribution in [0.5, 0.6) is 0 Å². The maximum Gasteiger partial charge on any atom is 0.321 e. The summed E-state index contributed by atoms with van der Waals surface area (Å²) >= 11 is 0. The topological polar surface area (TPSA) is 55.9 Å². The molecule has 4 amide bonds. The van der Waals surface area contributed by atoms with Crippen LogP contribution >= 0.6 is 0 Å². The average Bonchev–Trinajstić information content (AvgIpc) is 2.23. The van der Waals surface area contributed by atoms with E-state index < -0.39 is 0 Å². The van der Waals surface area contributed by atoms with E-state index in [0.717, 1.165) is 0 Å². The molecule has 0 aromatic carbocycles. The van der Waals surface area contributed by atoms with Gasteiger partial charge in [0.15, 0.2) is 0 Å². The van der Waals surface area contributed by atoms with Crippen LogP contribution in [-0.4, -0.2) is 67.7 Å². The van der Waals surface area contributed by atoms with Gasteiger partial charge in [0, 0.05) is 40.2 Å². The molecule has 0 aromatic heterocycles. The van der Waals surface area contributed by atoms with Crippen molar-refractivity contribution in [2.24, 2.45) is 5.41 Å². The van der Waals surface area contributed by atoms with E-state index in [9.17, 15) is 9.59 Å². The highest BCUT2D eigenvalue weighted by Crippen LogP contribution is 2.32. The van der Waals surface area contributed by atoms with Gasteiger partial charge in [-0.15, -0.1) is 0 Å². The molecule has 0 bridgehead atoms. The summed E-state index contributed by atoms with van der Waals surface area (Å²) in [6.45, 7) is 4.73. The molecular formula is C11H22N4O2. The molecule has 6 heteroatoms. The van der Waals surface area contributed by atoms with Crippen LogP contribution in [0.1, 0.15) is 13.8 Å². The molecule has 1 aliphatic heterocycles. The summed E-state index contributed by atoms with van der Waals surface area (Å²) in [5, 5.41) is 2.58. The quantitative estimate of drug-likeness (QED) is 0.732. The Labute approximate surface area is 103 Å². The van der Waals surface area contributed by atoms with Gasteiger partial charge in [-0.2, -0.15) is 0 Å². The molecule has 1 aliphatic rings. The molecule has 0 spiro atoms. The largest absolute Gasteiger partial charge is 0.341 e. The standard InChI is InChI=1S/C11H22N4O2/c1-11(2)7-13(4)10(17)15(6)8(11)14(5)9(16)12-3/h8H,7H2,1-6H3,(H,12,16). The van der Waals surface area contributed by atoms with E-state index in [1.807, 2.05) is 0 Å². The molecule has 0 saturated carbocycles. The lowest BCUT2D eigenvalue weighted by molar-refractivity contribution is -0.0189. The normalized spacial score (nSPS) is 23.6. The van der Waals surface area contributed by atoms with Crippen molar-refractivity contribution < 1.29 is 9.59 Å². The van der Waals surface area contributed by atoms with Gasteiger partial charge in [-0.25, -0.2) is 9.59 Å². The molecule has 0 aliphatic carbocycles. The molecule has 0 aromatic rings. The highest BCUT2D eigenvalue weighted by Gasteiger charge is 2.45. The zero-order valence-corrected chi connectivity index (χ0v) is 11.4. The SMILES string of the molecule is CNC(=O)N(C)C1N(C)C(=O)N(C)CC1(C)C. The maximum atomic E-state index is 11.9. The third-order valence-corrected chi connectivity index (χ3v) is 3.24. The number of rotatable bonds is 1. The Balaban J connectivity index is 3.02. The van der Waals surface area contributed by atoms with Gasteiger partial charge < -0.3 is 20.0 Å². The van der Waals surface area contributed by atoms with Gasteiger partial charge >= 0.3 is 12.1 Å². The number of carbonyl (C=O) groups is 2. The molecule has 1 saturated heterocycles. The average molecular weight is 242 g/mol. The van der Waals surface area contributed by atoms with Crippen molar-refractivity contribution in [2.45, 2.75) is 20.0 Å². The molecule has 1 unspecified atom stereocenters. The lowest BCUT2D eigenvalue weighted by Crippen LogP contribution is -2.66. The Morgan fingerprint density at radius 3 is 2.47 bits per heavy atom. The van der Waals surface area contributed by atoms with Crippen LogP contribution in [-0.2, 0) is 0 Å². The summed E-state index contributed by atoms with van der Waals surface area (Å²) in [7, 11) is 6.80. The fourth-order valence-corrected chi connectivity index (χ4v) is 2.73. The van der Waals surface area contributed by atoms with Gasteiger partial charge in [-0.05, 0) is 0 Å². The molecule has 1 fully saturated rings. The summed E-state index contributed by atoms with van der Waals surface area (Å²) in [5.41, 5.74) is -0.182. The zero-order valence-electron chi connectivity index (χ0n) is 11.4. The predicted octanol–water partition coefficient (Wildman–Crippen LogP) is 0.607. The third-order valence-electron chi connectivity index (χ3n) is 3.24. The molecule has 1 N–H and O–H groups in total. The van der Waals surface area contributed by atoms with Crippen molar-refractivity contribution in [3.63, 3.8) is 0 Å². The maximum absolute atomic E-state index is 11.9. The minimum absolute atomic E-state index is 0.0647. The van der Waals surface area contributed by atoms with Gasteiger partial charge in [0.25, 0.3) is 0 Å². The number of carbonyl (C=O) groups excluding carboxylic acids is 2. The molecule has 1 heterocycles. The first-order chi connectivity index (χ1) is 7.72. The number of nitrogens with zero attached hydrogens (tertiary/aromatic N) is 3. The van der Waals surface area contributed by atoms with E-state index in [1.165, 1.54) is 0 Å². The molecule has 98 valence electrons. The lowest BCUT2D eigenvalue weighted by Gasteiger charge is -2.51. The van der Waals surface area contributed by atoms with Crippen molar-refractivity contribution in [1.82, 2.24) is 20.0 Å². The highest BCUT2D eigenvalue weighted by atomic mass is 16.2. The number of hydrogen-bond acceptors (Lipinski definition) is 2. The van der Waals surface area contributed by atoms with Gasteiger partial charge in [0.05, 0.1) is 0 Å². The van der Waals surface area contributed by atoms with E-state index in [-0.39, 0.29) is 23.6 Å². The molecule has 6 nitrogen and oxygen atoms in total. The van der Waals surface area contributed by atoms with Crippen LogP contribution in [0.15, 0.2) is 0 Å². The monoisotopic (exact) mass is 242 g/mol. The van der Waals surface area contributed by atoms with Crippen molar-refractivity contribution in [3.05, 3.63) is 0 Å². The van der Waals surface area contributed by atoms with Crippen LogP contribution in [0.2, 0.25) is 0 Å². The number of amides is 4. The van der Waals surface area contributed by atoms with E-state index in [1.54, 1.807) is 42.9 Å². The van der Waals surface area contributed by atoms with Crippen molar-refractivity contribution in [2.75, 3.05) is 34.7 Å². The first kappa shape index (κ1) is 13.6. The zero-order chi connectivity index (χ0) is 13.4. The third kappa shape index (κ3) is 2.30. The summed E-state index contributed by atoms with van der Waals surface area (Å²) in [6, 6.07) is -0.252. The van der Waals surface area contributed by atoms with E-state index in [0.29, 0.717) is 6.54 Å². The van der Waals surface area contributed by atoms with Crippen LogP contribution < -0.4 is 5.32 Å². The second-order valence-electron chi connectivity index (χ2n) is 5.28. The second kappa shape index (κ2) is 4.43. The Bertz CT molecular complexity index is 325. The van der Waals surface area contributed by atoms with Crippen molar-refractivity contribution in [1.29, 1.82) is 0 Å². The van der Waals surface area contributed by atoms with E-state index in [2.05, 4.69) is 19.2 Å². The minimum atomic E-state index is -0.244. The Kier molecular flexibility index (Phi) is 3.54. The highest BCUT2D eigenvalue weighted by molar-refractivity contribution is 5.78. The number of nitrogens with one attached hydrogen (secondary N) is 1. The fourth-order valence-electron chi connectivity index (χ4n) is 2.73. The molecule has 17 heavy (non-hydrogen) atoms. The Morgan fingerprint density at radius 1 is 1.47 bits per heavy atom. The molecule has 0 radical (unpaired) electrons. The second-order valence-corrected chi connectivity index (χ2v) is 5.28. The molecule has 1 atom stereocenters. The predicted molar refractivity (Wildman–Crippen MR) is 65.6 cm³/mol. The van der Waals surface area contributed by atoms with Crippen LogP contribution in [0, 0.1) is 5.41 Å². The molecule has 1 rings (SSSR count).